The Morgan fingerprint density at radius 2 is 1.64 bits per heavy atom. The quantitative estimate of drug-likeness (QED) is 0.627. The minimum absolute atomic E-state index is 0.0558. The number of nitriles is 1. The van der Waals surface area contributed by atoms with Gasteiger partial charge in [-0.3, -0.25) is 14.7 Å². The fourth-order valence-electron chi connectivity index (χ4n) is 3.14. The van der Waals surface area contributed by atoms with Crippen LogP contribution in [-0.2, 0) is 4.79 Å². The summed E-state index contributed by atoms with van der Waals surface area (Å²) in [5, 5.41) is 8.89. The number of pyridine rings is 2. The number of aromatic nitrogens is 2. The zero-order valence-corrected chi connectivity index (χ0v) is 16.3. The number of nitrogens with zero attached hydrogens (tertiary/aromatic N) is 4. The number of anilines is 2. The van der Waals surface area contributed by atoms with Crippen molar-refractivity contribution in [1.82, 2.24) is 9.97 Å². The van der Waals surface area contributed by atoms with Gasteiger partial charge in [-0.15, -0.1) is 0 Å². The molecule has 0 saturated carbocycles. The molecule has 0 aliphatic carbocycles. The Hall–Kier alpha value is -3.52. The van der Waals surface area contributed by atoms with Crippen LogP contribution in [0, 0.1) is 25.2 Å². The molecule has 0 fully saturated rings. The fraction of sp³-hybridized carbons (Fsp3) is 0.217. The number of benzene rings is 1. The van der Waals surface area contributed by atoms with E-state index in [1.807, 2.05) is 69.3 Å². The van der Waals surface area contributed by atoms with Crippen molar-refractivity contribution in [1.29, 1.82) is 5.26 Å². The molecule has 0 N–H and O–H groups in total. The summed E-state index contributed by atoms with van der Waals surface area (Å²) < 4.78 is 0. The molecule has 0 spiro atoms. The van der Waals surface area contributed by atoms with Crippen LogP contribution in [0.1, 0.15) is 36.8 Å². The van der Waals surface area contributed by atoms with Gasteiger partial charge in [0.15, 0.2) is 0 Å². The van der Waals surface area contributed by atoms with Gasteiger partial charge < -0.3 is 0 Å². The highest BCUT2D eigenvalue weighted by atomic mass is 16.2. The maximum absolute atomic E-state index is 12.9. The zero-order valence-electron chi connectivity index (χ0n) is 16.3. The zero-order chi connectivity index (χ0) is 20.1. The molecular formula is C23H22N4O. The van der Waals surface area contributed by atoms with E-state index in [2.05, 4.69) is 9.97 Å². The molecule has 1 amide bonds. The van der Waals surface area contributed by atoms with Crippen molar-refractivity contribution in [3.05, 3.63) is 71.8 Å². The summed E-state index contributed by atoms with van der Waals surface area (Å²) in [4.78, 5) is 23.1. The first-order valence-corrected chi connectivity index (χ1v) is 9.26. The normalized spacial score (nSPS) is 10.4. The van der Waals surface area contributed by atoms with E-state index >= 15 is 0 Å². The Bertz CT molecular complexity index is 998. The van der Waals surface area contributed by atoms with Gasteiger partial charge in [0.25, 0.3) is 0 Å². The average Bonchev–Trinajstić information content (AvgIpc) is 2.68. The number of hydrogen-bond acceptors (Lipinski definition) is 4. The van der Waals surface area contributed by atoms with Crippen LogP contribution in [0.5, 0.6) is 0 Å². The van der Waals surface area contributed by atoms with Crippen molar-refractivity contribution in [2.45, 2.75) is 33.6 Å². The minimum Gasteiger partial charge on any atom is -0.281 e. The van der Waals surface area contributed by atoms with Gasteiger partial charge in [-0.05, 0) is 62.2 Å². The summed E-state index contributed by atoms with van der Waals surface area (Å²) in [6.07, 6.45) is 2.94. The molecule has 0 saturated heterocycles. The molecule has 5 heteroatoms. The lowest BCUT2D eigenvalue weighted by Gasteiger charge is -2.24. The van der Waals surface area contributed by atoms with E-state index < -0.39 is 0 Å². The van der Waals surface area contributed by atoms with Gasteiger partial charge in [-0.25, -0.2) is 4.98 Å². The summed E-state index contributed by atoms with van der Waals surface area (Å²) >= 11 is 0. The summed E-state index contributed by atoms with van der Waals surface area (Å²) in [5.41, 5.74) is 5.69. The van der Waals surface area contributed by atoms with Gasteiger partial charge in [0.2, 0.25) is 5.91 Å². The Kier molecular flexibility index (Phi) is 5.81. The Balaban J connectivity index is 1.98. The molecule has 5 nitrogen and oxygen atoms in total. The van der Waals surface area contributed by atoms with Crippen LogP contribution in [-0.4, -0.2) is 15.9 Å². The van der Waals surface area contributed by atoms with E-state index in [0.717, 1.165) is 40.3 Å². The van der Waals surface area contributed by atoms with Crippen molar-refractivity contribution in [3.8, 4) is 17.2 Å². The Morgan fingerprint density at radius 3 is 2.18 bits per heavy atom. The molecule has 0 radical (unpaired) electrons. The van der Waals surface area contributed by atoms with Crippen molar-refractivity contribution in [3.63, 3.8) is 0 Å². The van der Waals surface area contributed by atoms with Gasteiger partial charge in [0.1, 0.15) is 11.8 Å². The lowest BCUT2D eigenvalue weighted by molar-refractivity contribution is -0.117. The maximum Gasteiger partial charge on any atom is 0.231 e. The highest BCUT2D eigenvalue weighted by Gasteiger charge is 2.18. The van der Waals surface area contributed by atoms with Gasteiger partial charge in [0, 0.05) is 35.3 Å². The molecule has 28 heavy (non-hydrogen) atoms. The first-order valence-electron chi connectivity index (χ1n) is 9.26. The summed E-state index contributed by atoms with van der Waals surface area (Å²) in [7, 11) is 0. The number of aryl methyl sites for hydroxylation is 2. The Labute approximate surface area is 165 Å². The number of rotatable bonds is 5. The molecule has 2 heterocycles. The molecule has 1 aromatic carbocycles. The number of hydrogen-bond donors (Lipinski definition) is 0. The molecule has 140 valence electrons. The van der Waals surface area contributed by atoms with Crippen LogP contribution >= 0.6 is 0 Å². The predicted octanol–water partition coefficient (Wildman–Crippen LogP) is 5.10. The standard InChI is InChI=1S/C23H22N4O/c1-4-5-23(28)27(22-12-16(2)26-17(3)13-22)21-10-7-18(8-11-21)19-6-9-20(14-24)25-15-19/h6-13,15H,4-5H2,1-3H3. The smallest absolute Gasteiger partial charge is 0.231 e. The van der Waals surface area contributed by atoms with Crippen molar-refractivity contribution < 1.29 is 4.79 Å². The van der Waals surface area contributed by atoms with E-state index in [9.17, 15) is 4.79 Å². The molecule has 0 atom stereocenters. The first-order chi connectivity index (χ1) is 13.5. The average molecular weight is 370 g/mol. The van der Waals surface area contributed by atoms with Crippen LogP contribution in [0.4, 0.5) is 11.4 Å². The summed E-state index contributed by atoms with van der Waals surface area (Å²) in [6, 6.07) is 17.2. The highest BCUT2D eigenvalue weighted by molar-refractivity contribution is 6.00. The van der Waals surface area contributed by atoms with Crippen LogP contribution in [0.15, 0.2) is 54.7 Å². The third-order valence-corrected chi connectivity index (χ3v) is 4.37. The van der Waals surface area contributed by atoms with Crippen molar-refractivity contribution in [2.24, 2.45) is 0 Å². The van der Waals surface area contributed by atoms with Crippen LogP contribution in [0.25, 0.3) is 11.1 Å². The van der Waals surface area contributed by atoms with E-state index in [1.165, 1.54) is 0 Å². The Morgan fingerprint density at radius 1 is 1.00 bits per heavy atom. The second kappa shape index (κ2) is 8.45. The van der Waals surface area contributed by atoms with Crippen molar-refractivity contribution >= 4 is 17.3 Å². The fourth-order valence-corrected chi connectivity index (χ4v) is 3.14. The second-order valence-electron chi connectivity index (χ2n) is 6.68. The van der Waals surface area contributed by atoms with E-state index in [-0.39, 0.29) is 5.91 Å². The van der Waals surface area contributed by atoms with E-state index in [4.69, 9.17) is 5.26 Å². The van der Waals surface area contributed by atoms with Crippen LogP contribution in [0.2, 0.25) is 0 Å². The minimum atomic E-state index is 0.0558. The van der Waals surface area contributed by atoms with Gasteiger partial charge in [0.05, 0.1) is 5.69 Å². The molecule has 0 unspecified atom stereocenters. The molecule has 2 aromatic heterocycles. The number of carbonyl (C=O) groups is 1. The lowest BCUT2D eigenvalue weighted by atomic mass is 10.1. The molecule has 3 aromatic rings. The van der Waals surface area contributed by atoms with E-state index in [1.54, 1.807) is 17.2 Å². The SMILES string of the molecule is CCCC(=O)N(c1ccc(-c2ccc(C#N)nc2)cc1)c1cc(C)nc(C)c1. The van der Waals surface area contributed by atoms with Crippen LogP contribution in [0.3, 0.4) is 0 Å². The highest BCUT2D eigenvalue weighted by Crippen LogP contribution is 2.30. The molecule has 0 aliphatic heterocycles. The lowest BCUT2D eigenvalue weighted by Crippen LogP contribution is -2.25. The summed E-state index contributed by atoms with van der Waals surface area (Å²) in [6.45, 7) is 5.86. The maximum atomic E-state index is 12.9. The third-order valence-electron chi connectivity index (χ3n) is 4.37. The van der Waals surface area contributed by atoms with Gasteiger partial charge in [-0.1, -0.05) is 19.1 Å². The molecule has 0 aliphatic rings. The largest absolute Gasteiger partial charge is 0.281 e. The topological polar surface area (TPSA) is 69.9 Å². The second-order valence-corrected chi connectivity index (χ2v) is 6.68. The third kappa shape index (κ3) is 4.24. The predicted molar refractivity (Wildman–Crippen MR) is 110 cm³/mol. The first kappa shape index (κ1) is 19.2. The number of amides is 1. The van der Waals surface area contributed by atoms with Crippen LogP contribution < -0.4 is 4.90 Å². The molecular weight excluding hydrogens is 348 g/mol. The summed E-state index contributed by atoms with van der Waals surface area (Å²) in [5.74, 6) is 0.0558. The monoisotopic (exact) mass is 370 g/mol. The van der Waals surface area contributed by atoms with Crippen molar-refractivity contribution in [2.75, 3.05) is 4.90 Å². The van der Waals surface area contributed by atoms with Gasteiger partial charge in [-0.2, -0.15) is 5.26 Å². The number of carbonyl (C=O) groups excluding carboxylic acids is 1. The van der Waals surface area contributed by atoms with E-state index in [0.29, 0.717) is 12.1 Å². The van der Waals surface area contributed by atoms with Gasteiger partial charge >= 0.3 is 0 Å². The molecule has 0 bridgehead atoms. The molecule has 3 rings (SSSR count).